The molecule has 1 atom stereocenters. The van der Waals surface area contributed by atoms with Gasteiger partial charge in [0, 0.05) is 10.0 Å². The van der Waals surface area contributed by atoms with E-state index in [1.165, 1.54) is 23.1 Å². The van der Waals surface area contributed by atoms with Crippen LogP contribution in [0, 0.1) is 5.82 Å². The van der Waals surface area contributed by atoms with Crippen molar-refractivity contribution in [3.05, 3.63) is 93.7 Å². The summed E-state index contributed by atoms with van der Waals surface area (Å²) in [6, 6.07) is 17.0. The number of anilines is 1. The molecule has 0 radical (unpaired) electrons. The Balaban J connectivity index is 1.68. The quantitative estimate of drug-likeness (QED) is 0.180. The fraction of sp³-hybridized carbons (Fsp3) is 0.115. The van der Waals surface area contributed by atoms with E-state index in [0.717, 1.165) is 15.8 Å². The lowest BCUT2D eigenvalue weighted by atomic mass is 9.95. The number of halogens is 2. The smallest absolute Gasteiger partial charge is 0.301 e. The third kappa shape index (κ3) is 4.21. The van der Waals surface area contributed by atoms with Gasteiger partial charge in [0.05, 0.1) is 28.4 Å². The van der Waals surface area contributed by atoms with E-state index in [1.54, 1.807) is 48.5 Å². The van der Waals surface area contributed by atoms with Gasteiger partial charge in [-0.05, 0) is 67.1 Å². The summed E-state index contributed by atoms with van der Waals surface area (Å²) in [5.41, 5.74) is 1.45. The number of ketones is 1. The number of ether oxygens (including phenoxy) is 1. The zero-order valence-electron chi connectivity index (χ0n) is 18.4. The molecule has 5 rings (SSSR count). The number of Topliss-reactive ketones (excluding diaryl/α,β-unsaturated/α-hetero) is 1. The van der Waals surface area contributed by atoms with Crippen molar-refractivity contribution in [2.24, 2.45) is 0 Å². The molecule has 0 saturated carbocycles. The maximum Gasteiger partial charge on any atom is 0.301 e. The first-order valence-electron chi connectivity index (χ1n) is 10.7. The summed E-state index contributed by atoms with van der Waals surface area (Å²) in [5.74, 6) is -1.74. The monoisotopic (exact) mass is 552 g/mol. The lowest BCUT2D eigenvalue weighted by molar-refractivity contribution is -0.132. The van der Waals surface area contributed by atoms with E-state index in [1.807, 2.05) is 6.92 Å². The third-order valence-corrected chi connectivity index (χ3v) is 7.16. The van der Waals surface area contributed by atoms with Crippen LogP contribution in [0.4, 0.5) is 9.52 Å². The molecule has 0 aliphatic carbocycles. The molecule has 3 aromatic carbocycles. The summed E-state index contributed by atoms with van der Waals surface area (Å²) >= 11 is 4.51. The number of nitrogens with zero attached hydrogens (tertiary/aromatic N) is 2. The van der Waals surface area contributed by atoms with Gasteiger partial charge in [-0.15, -0.1) is 0 Å². The number of carbonyl (C=O) groups excluding carboxylic acids is 2. The van der Waals surface area contributed by atoms with Gasteiger partial charge in [-0.3, -0.25) is 14.5 Å². The van der Waals surface area contributed by atoms with Crippen LogP contribution in [-0.2, 0) is 9.59 Å². The first kappa shape index (κ1) is 23.2. The molecule has 0 spiro atoms. The van der Waals surface area contributed by atoms with Crippen molar-refractivity contribution in [1.29, 1.82) is 0 Å². The SMILES string of the molecule is CCOc1ccc(C(O)=C2C(=O)C(=O)N(c3nc4ccc(F)cc4s3)C2c2ccc(Br)cc2)cc1. The van der Waals surface area contributed by atoms with Gasteiger partial charge in [-0.2, -0.15) is 0 Å². The van der Waals surface area contributed by atoms with Crippen molar-refractivity contribution in [1.82, 2.24) is 4.98 Å². The Morgan fingerprint density at radius 2 is 1.83 bits per heavy atom. The predicted octanol–water partition coefficient (Wildman–Crippen LogP) is 6.22. The van der Waals surface area contributed by atoms with Crippen LogP contribution < -0.4 is 9.64 Å². The second-order valence-electron chi connectivity index (χ2n) is 7.79. The highest BCUT2D eigenvalue weighted by atomic mass is 79.9. The number of aliphatic hydroxyl groups excluding tert-OH is 1. The largest absolute Gasteiger partial charge is 0.507 e. The van der Waals surface area contributed by atoms with E-state index in [9.17, 15) is 19.1 Å². The lowest BCUT2D eigenvalue weighted by Gasteiger charge is -2.23. The van der Waals surface area contributed by atoms with Gasteiger partial charge in [0.15, 0.2) is 5.13 Å². The van der Waals surface area contributed by atoms with Crippen LogP contribution in [0.15, 0.2) is 76.8 Å². The molecule has 1 amide bonds. The van der Waals surface area contributed by atoms with Crippen LogP contribution in [0.1, 0.15) is 24.1 Å². The van der Waals surface area contributed by atoms with Crippen LogP contribution in [0.25, 0.3) is 16.0 Å². The molecule has 1 fully saturated rings. The van der Waals surface area contributed by atoms with E-state index in [2.05, 4.69) is 20.9 Å². The first-order valence-corrected chi connectivity index (χ1v) is 12.3. The van der Waals surface area contributed by atoms with E-state index < -0.39 is 23.5 Å². The van der Waals surface area contributed by atoms with Crippen molar-refractivity contribution in [3.63, 3.8) is 0 Å². The molecular weight excluding hydrogens is 535 g/mol. The fourth-order valence-corrected chi connectivity index (χ4v) is 5.29. The number of hydrogen-bond acceptors (Lipinski definition) is 6. The highest BCUT2D eigenvalue weighted by molar-refractivity contribution is 9.10. The minimum Gasteiger partial charge on any atom is -0.507 e. The first-order chi connectivity index (χ1) is 16.9. The van der Waals surface area contributed by atoms with Crippen LogP contribution in [0.2, 0.25) is 0 Å². The Bertz CT molecular complexity index is 1480. The predicted molar refractivity (Wildman–Crippen MR) is 136 cm³/mol. The Kier molecular flexibility index (Phi) is 6.12. The van der Waals surface area contributed by atoms with Gasteiger partial charge >= 0.3 is 5.91 Å². The number of fused-ring (bicyclic) bond motifs is 1. The second-order valence-corrected chi connectivity index (χ2v) is 9.71. The number of carbonyl (C=O) groups is 2. The summed E-state index contributed by atoms with van der Waals surface area (Å²) in [5, 5.41) is 11.5. The van der Waals surface area contributed by atoms with Gasteiger partial charge in [-0.25, -0.2) is 9.37 Å². The summed E-state index contributed by atoms with van der Waals surface area (Å²) in [6.07, 6.45) is 0. The molecule has 2 heterocycles. The van der Waals surface area contributed by atoms with Crippen molar-refractivity contribution < 1.29 is 23.8 Å². The molecule has 1 aliphatic heterocycles. The van der Waals surface area contributed by atoms with Crippen molar-refractivity contribution in [2.45, 2.75) is 13.0 Å². The number of aromatic nitrogens is 1. The minimum absolute atomic E-state index is 0.0491. The fourth-order valence-electron chi connectivity index (χ4n) is 4.01. The van der Waals surface area contributed by atoms with Crippen molar-refractivity contribution in [2.75, 3.05) is 11.5 Å². The molecular formula is C26H18BrFN2O4S. The Labute approximate surface area is 212 Å². The van der Waals surface area contributed by atoms with Crippen LogP contribution in [0.5, 0.6) is 5.75 Å². The number of amides is 1. The zero-order valence-corrected chi connectivity index (χ0v) is 20.8. The van der Waals surface area contributed by atoms with E-state index in [-0.39, 0.29) is 16.5 Å². The standard InChI is InChI=1S/C26H18BrFN2O4S/c1-2-34-18-10-5-15(6-11-18)23(31)21-22(14-3-7-16(27)8-4-14)30(25(33)24(21)32)26-29-19-12-9-17(28)13-20(19)35-26/h3-13,22,31H,2H2,1H3. The number of aliphatic hydroxyl groups is 1. The van der Waals surface area contributed by atoms with E-state index in [0.29, 0.717) is 33.7 Å². The van der Waals surface area contributed by atoms with E-state index in [4.69, 9.17) is 4.74 Å². The van der Waals surface area contributed by atoms with Crippen LogP contribution in [-0.4, -0.2) is 28.4 Å². The average molecular weight is 553 g/mol. The molecule has 1 aliphatic rings. The third-order valence-electron chi connectivity index (χ3n) is 5.61. The second kappa shape index (κ2) is 9.24. The molecule has 0 bridgehead atoms. The number of rotatable bonds is 5. The Morgan fingerprint density at radius 1 is 1.11 bits per heavy atom. The zero-order chi connectivity index (χ0) is 24.7. The Hall–Kier alpha value is -3.56. The number of benzene rings is 3. The average Bonchev–Trinajstić information content (AvgIpc) is 3.37. The number of hydrogen-bond donors (Lipinski definition) is 1. The van der Waals surface area contributed by atoms with Crippen LogP contribution >= 0.6 is 27.3 Å². The Morgan fingerprint density at radius 3 is 2.51 bits per heavy atom. The molecule has 1 unspecified atom stereocenters. The maximum atomic E-state index is 13.8. The van der Waals surface area contributed by atoms with Gasteiger partial charge in [-0.1, -0.05) is 39.4 Å². The van der Waals surface area contributed by atoms with Crippen LogP contribution in [0.3, 0.4) is 0 Å². The van der Waals surface area contributed by atoms with Crippen molar-refractivity contribution in [3.8, 4) is 5.75 Å². The van der Waals surface area contributed by atoms with Gasteiger partial charge in [0.2, 0.25) is 0 Å². The molecule has 9 heteroatoms. The molecule has 4 aromatic rings. The maximum absolute atomic E-state index is 13.8. The number of thiazole rings is 1. The molecule has 1 aromatic heterocycles. The van der Waals surface area contributed by atoms with Gasteiger partial charge in [0.25, 0.3) is 5.78 Å². The summed E-state index contributed by atoms with van der Waals surface area (Å²) in [7, 11) is 0. The van der Waals surface area contributed by atoms with E-state index >= 15 is 0 Å². The van der Waals surface area contributed by atoms with Gasteiger partial charge < -0.3 is 9.84 Å². The molecule has 176 valence electrons. The molecule has 1 saturated heterocycles. The topological polar surface area (TPSA) is 79.7 Å². The highest BCUT2D eigenvalue weighted by Crippen LogP contribution is 2.44. The molecule has 6 nitrogen and oxygen atoms in total. The summed E-state index contributed by atoms with van der Waals surface area (Å²) < 4.78 is 20.6. The molecule has 1 N–H and O–H groups in total. The molecule has 35 heavy (non-hydrogen) atoms. The summed E-state index contributed by atoms with van der Waals surface area (Å²) in [4.78, 5) is 32.3. The van der Waals surface area contributed by atoms with Gasteiger partial charge in [0.1, 0.15) is 17.3 Å². The highest BCUT2D eigenvalue weighted by Gasteiger charge is 2.48. The lowest BCUT2D eigenvalue weighted by Crippen LogP contribution is -2.29. The minimum atomic E-state index is -0.917. The normalized spacial score (nSPS) is 17.3. The summed E-state index contributed by atoms with van der Waals surface area (Å²) in [6.45, 7) is 2.36. The van der Waals surface area contributed by atoms with Crippen molar-refractivity contribution >= 4 is 60.1 Å².